The molecule has 0 aliphatic rings. The normalized spacial score (nSPS) is 10.9. The van der Waals surface area contributed by atoms with Crippen molar-refractivity contribution in [2.45, 2.75) is 34.1 Å². The maximum absolute atomic E-state index is 12.4. The van der Waals surface area contributed by atoms with Gasteiger partial charge in [-0.2, -0.15) is 0 Å². The van der Waals surface area contributed by atoms with Crippen LogP contribution in [-0.4, -0.2) is 29.8 Å². The summed E-state index contributed by atoms with van der Waals surface area (Å²) in [4.78, 5) is 39.9. The van der Waals surface area contributed by atoms with Gasteiger partial charge in [0.05, 0.1) is 24.9 Å². The van der Waals surface area contributed by atoms with Crippen molar-refractivity contribution in [3.8, 4) is 5.75 Å². The van der Waals surface area contributed by atoms with Gasteiger partial charge in [0.2, 0.25) is 17.7 Å². The number of rotatable bonds is 6. The molecule has 1 aromatic carbocycles. The van der Waals surface area contributed by atoms with Crippen LogP contribution in [0.15, 0.2) is 23.6 Å². The van der Waals surface area contributed by atoms with E-state index >= 15 is 0 Å². The fourth-order valence-corrected chi connectivity index (χ4v) is 2.88. The zero-order valence-corrected chi connectivity index (χ0v) is 17.3. The molecule has 1 aromatic heterocycles. The molecule has 0 radical (unpaired) electrons. The minimum atomic E-state index is -0.529. The summed E-state index contributed by atoms with van der Waals surface area (Å²) in [6.45, 7) is 6.84. The van der Waals surface area contributed by atoms with E-state index in [1.807, 2.05) is 20.8 Å². The van der Waals surface area contributed by atoms with Crippen LogP contribution in [0.5, 0.6) is 5.75 Å². The summed E-state index contributed by atoms with van der Waals surface area (Å²) < 4.78 is 5.25. The Morgan fingerprint density at radius 3 is 2.46 bits per heavy atom. The first-order valence-electron chi connectivity index (χ1n) is 8.60. The second-order valence-electron chi connectivity index (χ2n) is 7.17. The number of hydrogen-bond donors (Lipinski definition) is 3. The second-order valence-corrected chi connectivity index (χ2v) is 8.03. The molecule has 0 fully saturated rings. The third kappa shape index (κ3) is 6.05. The van der Waals surface area contributed by atoms with Crippen molar-refractivity contribution in [3.63, 3.8) is 0 Å². The summed E-state index contributed by atoms with van der Waals surface area (Å²) in [5.74, 6) is -0.178. The molecule has 0 saturated carbocycles. The molecule has 150 valence electrons. The van der Waals surface area contributed by atoms with Gasteiger partial charge in [0.1, 0.15) is 5.75 Å². The van der Waals surface area contributed by atoms with Crippen LogP contribution in [0, 0.1) is 5.41 Å². The number of methoxy groups -OCH3 is 1. The third-order valence-corrected chi connectivity index (χ3v) is 4.40. The zero-order valence-electron chi connectivity index (χ0n) is 16.5. The van der Waals surface area contributed by atoms with E-state index in [-0.39, 0.29) is 24.1 Å². The number of hydrogen-bond acceptors (Lipinski definition) is 6. The molecule has 3 amide bonds. The molecule has 0 saturated heterocycles. The predicted octanol–water partition coefficient (Wildman–Crippen LogP) is 3.28. The van der Waals surface area contributed by atoms with Gasteiger partial charge in [0.25, 0.3) is 0 Å². The van der Waals surface area contributed by atoms with E-state index in [0.29, 0.717) is 27.9 Å². The summed E-state index contributed by atoms with van der Waals surface area (Å²) in [6, 6.07) is 4.96. The van der Waals surface area contributed by atoms with Crippen LogP contribution in [0.3, 0.4) is 0 Å². The zero-order chi connectivity index (χ0) is 20.9. The van der Waals surface area contributed by atoms with Crippen LogP contribution in [0.4, 0.5) is 16.5 Å². The number of anilines is 3. The molecule has 0 unspecified atom stereocenters. The van der Waals surface area contributed by atoms with Crippen LogP contribution in [0.25, 0.3) is 0 Å². The lowest BCUT2D eigenvalue weighted by Gasteiger charge is -2.15. The topological polar surface area (TPSA) is 109 Å². The maximum atomic E-state index is 12.4. The number of benzene rings is 1. The monoisotopic (exact) mass is 404 g/mol. The average Bonchev–Trinajstić information content (AvgIpc) is 3.00. The molecule has 1 heterocycles. The van der Waals surface area contributed by atoms with Crippen molar-refractivity contribution in [1.29, 1.82) is 0 Å². The minimum Gasteiger partial charge on any atom is -0.495 e. The van der Waals surface area contributed by atoms with E-state index in [1.165, 1.54) is 25.4 Å². The molecule has 0 spiro atoms. The van der Waals surface area contributed by atoms with Gasteiger partial charge >= 0.3 is 0 Å². The SMILES string of the molecule is COc1ccc(NC(C)=O)cc1NC(=O)Cc1csc(NC(=O)C(C)(C)C)n1. The van der Waals surface area contributed by atoms with Crippen LogP contribution in [0.2, 0.25) is 0 Å². The summed E-state index contributed by atoms with van der Waals surface area (Å²) in [5, 5.41) is 10.3. The Labute approximate surface area is 167 Å². The molecule has 9 heteroatoms. The van der Waals surface area contributed by atoms with Gasteiger partial charge in [-0.15, -0.1) is 11.3 Å². The average molecular weight is 404 g/mol. The molecule has 2 rings (SSSR count). The lowest BCUT2D eigenvalue weighted by atomic mass is 9.96. The van der Waals surface area contributed by atoms with Gasteiger partial charge in [-0.25, -0.2) is 4.98 Å². The van der Waals surface area contributed by atoms with Crippen LogP contribution in [-0.2, 0) is 20.8 Å². The quantitative estimate of drug-likeness (QED) is 0.684. The maximum Gasteiger partial charge on any atom is 0.231 e. The van der Waals surface area contributed by atoms with Gasteiger partial charge in [-0.05, 0) is 18.2 Å². The molecule has 0 aliphatic carbocycles. The molecular weight excluding hydrogens is 380 g/mol. The number of ether oxygens (including phenoxy) is 1. The Morgan fingerprint density at radius 2 is 1.86 bits per heavy atom. The van der Waals surface area contributed by atoms with E-state index in [0.717, 1.165) is 0 Å². The Hall–Kier alpha value is -2.94. The highest BCUT2D eigenvalue weighted by Gasteiger charge is 2.22. The second kappa shape index (κ2) is 8.83. The van der Waals surface area contributed by atoms with Crippen LogP contribution in [0.1, 0.15) is 33.4 Å². The number of aromatic nitrogens is 1. The Balaban J connectivity index is 2.04. The predicted molar refractivity (Wildman–Crippen MR) is 110 cm³/mol. The smallest absolute Gasteiger partial charge is 0.231 e. The molecule has 0 aliphatic heterocycles. The summed E-state index contributed by atoms with van der Waals surface area (Å²) >= 11 is 1.26. The number of amides is 3. The van der Waals surface area contributed by atoms with Gasteiger partial charge in [-0.1, -0.05) is 20.8 Å². The first-order valence-corrected chi connectivity index (χ1v) is 9.48. The van der Waals surface area contributed by atoms with Gasteiger partial charge in [0, 0.05) is 23.4 Å². The molecule has 0 atom stereocenters. The Morgan fingerprint density at radius 1 is 1.14 bits per heavy atom. The fourth-order valence-electron chi connectivity index (χ4n) is 2.18. The van der Waals surface area contributed by atoms with Gasteiger partial charge in [0.15, 0.2) is 5.13 Å². The molecule has 0 bridgehead atoms. The van der Waals surface area contributed by atoms with Crippen molar-refractivity contribution in [2.75, 3.05) is 23.1 Å². The van der Waals surface area contributed by atoms with Crippen molar-refractivity contribution in [1.82, 2.24) is 4.98 Å². The lowest BCUT2D eigenvalue weighted by Crippen LogP contribution is -2.27. The number of nitrogens with zero attached hydrogens (tertiary/aromatic N) is 1. The van der Waals surface area contributed by atoms with Crippen molar-refractivity contribution in [2.24, 2.45) is 5.41 Å². The highest BCUT2D eigenvalue weighted by atomic mass is 32.1. The van der Waals surface area contributed by atoms with E-state index in [2.05, 4.69) is 20.9 Å². The van der Waals surface area contributed by atoms with Crippen molar-refractivity contribution < 1.29 is 19.1 Å². The molecule has 2 aromatic rings. The standard InChI is InChI=1S/C19H24N4O4S/c1-11(24)20-12-6-7-15(27-5)14(8-12)22-16(25)9-13-10-28-18(21-13)23-17(26)19(2,3)4/h6-8,10H,9H2,1-5H3,(H,20,24)(H,22,25)(H,21,23,26). The highest BCUT2D eigenvalue weighted by Crippen LogP contribution is 2.28. The summed E-state index contributed by atoms with van der Waals surface area (Å²) in [5.41, 5.74) is 1.00. The number of nitrogens with one attached hydrogen (secondary N) is 3. The summed E-state index contributed by atoms with van der Waals surface area (Å²) in [6.07, 6.45) is 0.0371. The number of thiazole rings is 1. The van der Waals surface area contributed by atoms with Crippen LogP contribution >= 0.6 is 11.3 Å². The van der Waals surface area contributed by atoms with Crippen LogP contribution < -0.4 is 20.7 Å². The fraction of sp³-hybridized carbons (Fsp3) is 0.368. The van der Waals surface area contributed by atoms with E-state index < -0.39 is 5.41 Å². The highest BCUT2D eigenvalue weighted by molar-refractivity contribution is 7.13. The third-order valence-electron chi connectivity index (χ3n) is 3.59. The summed E-state index contributed by atoms with van der Waals surface area (Å²) in [7, 11) is 1.49. The Bertz CT molecular complexity index is 886. The lowest BCUT2D eigenvalue weighted by molar-refractivity contribution is -0.123. The van der Waals surface area contributed by atoms with Crippen molar-refractivity contribution >= 4 is 45.6 Å². The molecule has 28 heavy (non-hydrogen) atoms. The molecule has 3 N–H and O–H groups in total. The van der Waals surface area contributed by atoms with Crippen molar-refractivity contribution in [3.05, 3.63) is 29.3 Å². The minimum absolute atomic E-state index is 0.0371. The van der Waals surface area contributed by atoms with E-state index in [1.54, 1.807) is 23.6 Å². The number of carbonyl (C=O) groups is 3. The molecule has 8 nitrogen and oxygen atoms in total. The molecular formula is C19H24N4O4S. The number of carbonyl (C=O) groups excluding carboxylic acids is 3. The Kier molecular flexibility index (Phi) is 6.74. The largest absolute Gasteiger partial charge is 0.495 e. The first-order chi connectivity index (χ1) is 13.1. The van der Waals surface area contributed by atoms with E-state index in [4.69, 9.17) is 4.74 Å². The van der Waals surface area contributed by atoms with Gasteiger partial charge < -0.3 is 20.7 Å². The van der Waals surface area contributed by atoms with E-state index in [9.17, 15) is 14.4 Å². The first kappa shape index (κ1) is 21.4. The van der Waals surface area contributed by atoms with Gasteiger partial charge in [-0.3, -0.25) is 14.4 Å².